The molecule has 8 nitrogen and oxygen atoms in total. The minimum Gasteiger partial charge on any atom is -0.367 e. The van der Waals surface area contributed by atoms with E-state index in [4.69, 9.17) is 11.6 Å². The molecule has 0 aliphatic carbocycles. The van der Waals surface area contributed by atoms with Gasteiger partial charge >= 0.3 is 0 Å². The second-order valence-electron chi connectivity index (χ2n) is 6.50. The monoisotopic (exact) mass is 429 g/mol. The topological polar surface area (TPSA) is 108 Å². The average molecular weight is 430 g/mol. The van der Waals surface area contributed by atoms with E-state index in [0.29, 0.717) is 29.7 Å². The molecule has 1 aromatic carbocycles. The summed E-state index contributed by atoms with van der Waals surface area (Å²) in [6, 6.07) is 9.63. The van der Waals surface area contributed by atoms with Crippen LogP contribution in [-0.2, 0) is 17.9 Å². The van der Waals surface area contributed by atoms with Gasteiger partial charge in [0.25, 0.3) is 5.91 Å². The molecular formula is C19H20ClN7OS. The highest BCUT2D eigenvalue weighted by atomic mass is 35.5. The minimum atomic E-state index is -0.868. The number of thioether (sulfide) groups is 1. The number of hydrogen-bond donors (Lipinski definition) is 4. The Hall–Kier alpha value is -2.62. The van der Waals surface area contributed by atoms with Gasteiger partial charge in [0, 0.05) is 25.0 Å². The van der Waals surface area contributed by atoms with E-state index in [2.05, 4.69) is 35.9 Å². The molecule has 150 valence electrons. The molecule has 3 heterocycles. The number of aromatic amines is 1. The van der Waals surface area contributed by atoms with Crippen molar-refractivity contribution in [3.63, 3.8) is 0 Å². The van der Waals surface area contributed by atoms with Gasteiger partial charge in [-0.2, -0.15) is 0 Å². The Bertz CT molecular complexity index is 993. The third-order valence-electron chi connectivity index (χ3n) is 4.47. The zero-order chi connectivity index (χ0) is 20.1. The van der Waals surface area contributed by atoms with Crippen LogP contribution in [0.25, 0.3) is 11.0 Å². The van der Waals surface area contributed by atoms with Crippen molar-refractivity contribution < 1.29 is 4.79 Å². The molecule has 0 saturated carbocycles. The number of imidazole rings is 1. The summed E-state index contributed by atoms with van der Waals surface area (Å²) in [6.45, 7) is 1.44. The van der Waals surface area contributed by atoms with Crippen LogP contribution in [0.2, 0.25) is 0 Å². The fourth-order valence-electron chi connectivity index (χ4n) is 3.03. The van der Waals surface area contributed by atoms with Crippen LogP contribution in [0.1, 0.15) is 18.1 Å². The van der Waals surface area contributed by atoms with Crippen LogP contribution < -0.4 is 16.0 Å². The van der Waals surface area contributed by atoms with Gasteiger partial charge in [0.2, 0.25) is 0 Å². The Morgan fingerprint density at radius 1 is 1.17 bits per heavy atom. The van der Waals surface area contributed by atoms with Crippen molar-refractivity contribution in [2.24, 2.45) is 0 Å². The van der Waals surface area contributed by atoms with Crippen LogP contribution in [0.3, 0.4) is 0 Å². The number of amides is 1. The summed E-state index contributed by atoms with van der Waals surface area (Å²) in [5, 5.41) is 9.36. The predicted molar refractivity (Wildman–Crippen MR) is 114 cm³/mol. The number of para-hydroxylation sites is 2. The summed E-state index contributed by atoms with van der Waals surface area (Å²) in [4.78, 5) is 28.1. The second kappa shape index (κ2) is 8.81. The summed E-state index contributed by atoms with van der Waals surface area (Å²) in [6.07, 6.45) is 5.48. The summed E-state index contributed by atoms with van der Waals surface area (Å²) in [5.41, 5.74) is 1.94. The maximum absolute atomic E-state index is 12.9. The zero-order valence-electron chi connectivity index (χ0n) is 15.5. The first-order valence-corrected chi connectivity index (χ1v) is 10.3. The molecule has 1 amide bonds. The number of hydrogen-bond acceptors (Lipinski definition) is 7. The van der Waals surface area contributed by atoms with Crippen LogP contribution >= 0.6 is 23.4 Å². The predicted octanol–water partition coefficient (Wildman–Crippen LogP) is 2.22. The van der Waals surface area contributed by atoms with Gasteiger partial charge in [0.05, 0.1) is 28.5 Å². The molecule has 0 bridgehead atoms. The van der Waals surface area contributed by atoms with E-state index in [9.17, 15) is 4.79 Å². The summed E-state index contributed by atoms with van der Waals surface area (Å²) in [5.74, 6) is 1.25. The highest BCUT2D eigenvalue weighted by molar-refractivity contribution is 8.06. The first-order chi connectivity index (χ1) is 14.1. The Kier molecular flexibility index (Phi) is 5.98. The first kappa shape index (κ1) is 19.7. The second-order valence-corrected chi connectivity index (χ2v) is 8.47. The Morgan fingerprint density at radius 2 is 2.00 bits per heavy atom. The van der Waals surface area contributed by atoms with Crippen molar-refractivity contribution in [1.29, 1.82) is 0 Å². The standard InChI is InChI=1S/C19H20ClN7OS/c20-15-10-25-19(29-15,18(28)24-12-16-22-7-3-8-23-16)6-9-21-11-17-26-13-4-1-2-5-14(13)27-17/h1-5,7-8,10,21,25H,6,9,11-12H2,(H,24,28)(H,26,27). The van der Waals surface area contributed by atoms with Gasteiger partial charge < -0.3 is 20.9 Å². The lowest BCUT2D eigenvalue weighted by atomic mass is 10.1. The van der Waals surface area contributed by atoms with Crippen molar-refractivity contribution >= 4 is 40.3 Å². The van der Waals surface area contributed by atoms with Crippen LogP contribution in [0.5, 0.6) is 0 Å². The molecule has 1 unspecified atom stereocenters. The van der Waals surface area contributed by atoms with Gasteiger partial charge in [-0.05, 0) is 24.7 Å². The fourth-order valence-corrected chi connectivity index (χ4v) is 4.42. The highest BCUT2D eigenvalue weighted by Crippen LogP contribution is 2.39. The molecular weight excluding hydrogens is 410 g/mol. The molecule has 1 aliphatic heterocycles. The number of nitrogens with zero attached hydrogens (tertiary/aromatic N) is 3. The molecule has 10 heteroatoms. The van der Waals surface area contributed by atoms with Gasteiger partial charge in [0.1, 0.15) is 11.6 Å². The summed E-state index contributed by atoms with van der Waals surface area (Å²) < 4.78 is 0.549. The van der Waals surface area contributed by atoms with E-state index >= 15 is 0 Å². The van der Waals surface area contributed by atoms with Crippen molar-refractivity contribution in [2.75, 3.05) is 6.54 Å². The molecule has 2 aromatic heterocycles. The van der Waals surface area contributed by atoms with Gasteiger partial charge in [-0.1, -0.05) is 35.5 Å². The number of aromatic nitrogens is 4. The number of fused-ring (bicyclic) bond motifs is 1. The van der Waals surface area contributed by atoms with Gasteiger partial charge in [-0.3, -0.25) is 4.79 Å². The number of nitrogens with one attached hydrogen (secondary N) is 4. The Balaban J connectivity index is 1.32. The lowest BCUT2D eigenvalue weighted by molar-refractivity contribution is -0.124. The third-order valence-corrected chi connectivity index (χ3v) is 5.98. The van der Waals surface area contributed by atoms with Crippen molar-refractivity contribution in [2.45, 2.75) is 24.4 Å². The van der Waals surface area contributed by atoms with E-state index in [0.717, 1.165) is 16.9 Å². The molecule has 4 rings (SSSR count). The van der Waals surface area contributed by atoms with Crippen molar-refractivity contribution in [3.8, 4) is 0 Å². The summed E-state index contributed by atoms with van der Waals surface area (Å²) >= 11 is 7.44. The number of carbonyl (C=O) groups excluding carboxylic acids is 1. The molecule has 4 N–H and O–H groups in total. The van der Waals surface area contributed by atoms with Crippen LogP contribution in [-0.4, -0.2) is 37.3 Å². The smallest absolute Gasteiger partial charge is 0.257 e. The van der Waals surface area contributed by atoms with E-state index in [1.165, 1.54) is 11.8 Å². The van der Waals surface area contributed by atoms with Crippen LogP contribution in [0, 0.1) is 0 Å². The Labute approximate surface area is 176 Å². The summed E-state index contributed by atoms with van der Waals surface area (Å²) in [7, 11) is 0. The normalized spacial score (nSPS) is 18.4. The maximum atomic E-state index is 12.9. The van der Waals surface area contributed by atoms with E-state index in [1.54, 1.807) is 24.7 Å². The highest BCUT2D eigenvalue weighted by Gasteiger charge is 2.42. The number of carbonyl (C=O) groups is 1. The van der Waals surface area contributed by atoms with Crippen LogP contribution in [0.15, 0.2) is 53.3 Å². The quantitative estimate of drug-likeness (QED) is 0.406. The molecule has 0 saturated heterocycles. The minimum absolute atomic E-state index is 0.160. The lowest BCUT2D eigenvalue weighted by Crippen LogP contribution is -2.52. The van der Waals surface area contributed by atoms with Crippen molar-refractivity contribution in [3.05, 3.63) is 64.9 Å². The van der Waals surface area contributed by atoms with Gasteiger partial charge in [-0.15, -0.1) is 0 Å². The Morgan fingerprint density at radius 3 is 2.76 bits per heavy atom. The third kappa shape index (κ3) is 4.69. The van der Waals surface area contributed by atoms with Crippen molar-refractivity contribution in [1.82, 2.24) is 35.9 Å². The molecule has 29 heavy (non-hydrogen) atoms. The number of rotatable bonds is 8. The van der Waals surface area contributed by atoms with E-state index in [-0.39, 0.29) is 12.5 Å². The fraction of sp³-hybridized carbons (Fsp3) is 0.263. The molecule has 1 aliphatic rings. The lowest BCUT2D eigenvalue weighted by Gasteiger charge is -2.27. The largest absolute Gasteiger partial charge is 0.367 e. The average Bonchev–Trinajstić information content (AvgIpc) is 3.34. The van der Waals surface area contributed by atoms with Gasteiger partial charge in [-0.25, -0.2) is 15.0 Å². The zero-order valence-corrected chi connectivity index (χ0v) is 17.1. The SMILES string of the molecule is O=C(NCc1ncccn1)C1(CCNCc2nc3ccccc3[nH]2)NC=C(Cl)S1. The number of H-pyrrole nitrogens is 1. The molecule has 1 atom stereocenters. The first-order valence-electron chi connectivity index (χ1n) is 9.15. The van der Waals surface area contributed by atoms with E-state index in [1.807, 2.05) is 24.3 Å². The molecule has 3 aromatic rings. The number of halogens is 1. The molecule has 0 fully saturated rings. The molecule has 0 radical (unpaired) electrons. The van der Waals surface area contributed by atoms with Crippen LogP contribution in [0.4, 0.5) is 0 Å². The maximum Gasteiger partial charge on any atom is 0.257 e. The van der Waals surface area contributed by atoms with Gasteiger partial charge in [0.15, 0.2) is 4.87 Å². The van der Waals surface area contributed by atoms with E-state index < -0.39 is 4.87 Å². The molecule has 0 spiro atoms. The number of benzene rings is 1.